The summed E-state index contributed by atoms with van der Waals surface area (Å²) in [4.78, 5) is 6.82. The molecule has 0 saturated heterocycles. The van der Waals surface area contributed by atoms with Gasteiger partial charge in [-0.05, 0) is 48.7 Å². The van der Waals surface area contributed by atoms with E-state index in [1.807, 2.05) is 0 Å². The molecular formula is C10H29GeN3. The third-order valence-corrected chi connectivity index (χ3v) is 2.73. The van der Waals surface area contributed by atoms with E-state index >= 15 is 0 Å². The van der Waals surface area contributed by atoms with Gasteiger partial charge in [0.15, 0.2) is 0 Å². The third kappa shape index (κ3) is 3.22. The quantitative estimate of drug-likeness (QED) is 0.497. The van der Waals surface area contributed by atoms with Crippen molar-refractivity contribution < 1.29 is 0 Å². The SMILES string of the molecule is CCCC(N(C)C)(N(C)C)N(C)C.[GeH4]. The zero-order valence-electron chi connectivity index (χ0n) is 10.3. The van der Waals surface area contributed by atoms with Crippen LogP contribution in [0.3, 0.4) is 0 Å². The molecule has 4 heteroatoms. The summed E-state index contributed by atoms with van der Waals surface area (Å²) in [6, 6.07) is 0. The Bertz CT molecular complexity index is 125. The molecule has 0 aliphatic heterocycles. The fourth-order valence-electron chi connectivity index (χ4n) is 2.21. The number of hydrogen-bond acceptors (Lipinski definition) is 3. The van der Waals surface area contributed by atoms with Crippen LogP contribution in [0.2, 0.25) is 0 Å². The van der Waals surface area contributed by atoms with E-state index in [1.54, 1.807) is 0 Å². The van der Waals surface area contributed by atoms with Crippen LogP contribution < -0.4 is 0 Å². The number of rotatable bonds is 5. The first-order chi connectivity index (χ1) is 5.89. The fraction of sp³-hybridized carbons (Fsp3) is 1.00. The minimum atomic E-state index is 0. The second kappa shape index (κ2) is 6.82. The van der Waals surface area contributed by atoms with Crippen molar-refractivity contribution in [1.82, 2.24) is 14.7 Å². The first-order valence-corrected chi connectivity index (χ1v) is 4.91. The molecule has 0 aliphatic carbocycles. The molecule has 0 saturated carbocycles. The summed E-state index contributed by atoms with van der Waals surface area (Å²) in [6.45, 7) is 2.23. The van der Waals surface area contributed by atoms with Crippen LogP contribution >= 0.6 is 0 Å². The van der Waals surface area contributed by atoms with Gasteiger partial charge in [-0.25, -0.2) is 0 Å². The molecule has 0 aromatic heterocycles. The Hall–Kier alpha value is 0.423. The normalized spacial score (nSPS) is 12.4. The monoisotopic (exact) mass is 265 g/mol. The molecule has 0 unspecified atom stereocenters. The summed E-state index contributed by atoms with van der Waals surface area (Å²) in [7, 11) is 12.8. The van der Waals surface area contributed by atoms with Gasteiger partial charge < -0.3 is 0 Å². The van der Waals surface area contributed by atoms with E-state index in [2.05, 4.69) is 63.9 Å². The van der Waals surface area contributed by atoms with Crippen LogP contribution in [-0.2, 0) is 0 Å². The van der Waals surface area contributed by atoms with E-state index in [0.29, 0.717) is 0 Å². The van der Waals surface area contributed by atoms with Gasteiger partial charge in [0.2, 0.25) is 0 Å². The molecule has 3 nitrogen and oxygen atoms in total. The van der Waals surface area contributed by atoms with Crippen molar-refractivity contribution >= 4 is 17.6 Å². The maximum atomic E-state index is 2.27. The zero-order valence-corrected chi connectivity index (χ0v) is 10.3. The van der Waals surface area contributed by atoms with Crippen molar-refractivity contribution in [2.45, 2.75) is 25.6 Å². The molecular weight excluding hydrogens is 235 g/mol. The van der Waals surface area contributed by atoms with Crippen LogP contribution in [0.1, 0.15) is 19.8 Å². The molecule has 0 atom stereocenters. The molecule has 14 heavy (non-hydrogen) atoms. The van der Waals surface area contributed by atoms with Crippen molar-refractivity contribution in [3.05, 3.63) is 0 Å². The molecule has 0 radical (unpaired) electrons. The summed E-state index contributed by atoms with van der Waals surface area (Å²) in [5.41, 5.74) is 0. The summed E-state index contributed by atoms with van der Waals surface area (Å²) in [5, 5.41) is 0. The molecule has 0 N–H and O–H groups in total. The molecule has 0 bridgehead atoms. The molecule has 0 spiro atoms. The fourth-order valence-corrected chi connectivity index (χ4v) is 2.21. The third-order valence-electron chi connectivity index (χ3n) is 2.73. The second-order valence-corrected chi connectivity index (χ2v) is 4.21. The Morgan fingerprint density at radius 3 is 1.14 bits per heavy atom. The molecule has 88 valence electrons. The van der Waals surface area contributed by atoms with Gasteiger partial charge in [0.1, 0.15) is 5.79 Å². The van der Waals surface area contributed by atoms with Crippen molar-refractivity contribution in [2.24, 2.45) is 0 Å². The van der Waals surface area contributed by atoms with Gasteiger partial charge >= 0.3 is 17.6 Å². The summed E-state index contributed by atoms with van der Waals surface area (Å²) >= 11 is 0. The van der Waals surface area contributed by atoms with Gasteiger partial charge in [-0.3, -0.25) is 14.7 Å². The molecule has 0 rings (SSSR count). The number of nitrogens with zero attached hydrogens (tertiary/aromatic N) is 3. The van der Waals surface area contributed by atoms with Crippen LogP contribution in [0.15, 0.2) is 0 Å². The standard InChI is InChI=1S/C10H25N3.GeH4/c1-8-9-10(11(2)3,12(4)5)13(6)7;/h8-9H2,1-7H3;1H4. The van der Waals surface area contributed by atoms with E-state index in [0.717, 1.165) is 6.42 Å². The van der Waals surface area contributed by atoms with Crippen LogP contribution in [-0.4, -0.2) is 80.4 Å². The van der Waals surface area contributed by atoms with Crippen molar-refractivity contribution in [2.75, 3.05) is 42.3 Å². The van der Waals surface area contributed by atoms with Gasteiger partial charge in [-0.1, -0.05) is 13.3 Å². The predicted octanol–water partition coefficient (Wildman–Crippen LogP) is -0.326. The number of hydrogen-bond donors (Lipinski definition) is 0. The van der Waals surface area contributed by atoms with Crippen LogP contribution in [0, 0.1) is 0 Å². The Morgan fingerprint density at radius 2 is 1.07 bits per heavy atom. The van der Waals surface area contributed by atoms with Gasteiger partial charge in [0, 0.05) is 0 Å². The van der Waals surface area contributed by atoms with Gasteiger partial charge in [0.05, 0.1) is 0 Å². The first-order valence-electron chi connectivity index (χ1n) is 4.91. The van der Waals surface area contributed by atoms with Crippen molar-refractivity contribution in [3.63, 3.8) is 0 Å². The average Bonchev–Trinajstić information content (AvgIpc) is 1.97. The first kappa shape index (κ1) is 16.8. The van der Waals surface area contributed by atoms with Crippen LogP contribution in [0.4, 0.5) is 0 Å². The Labute approximate surface area is 100 Å². The summed E-state index contributed by atoms with van der Waals surface area (Å²) in [6.07, 6.45) is 2.34. The molecule has 0 fully saturated rings. The molecule has 0 aliphatic rings. The summed E-state index contributed by atoms with van der Waals surface area (Å²) < 4.78 is 0. The van der Waals surface area contributed by atoms with Crippen molar-refractivity contribution in [1.29, 1.82) is 0 Å². The molecule has 0 heterocycles. The van der Waals surface area contributed by atoms with Gasteiger partial charge in [-0.2, -0.15) is 0 Å². The Morgan fingerprint density at radius 1 is 0.786 bits per heavy atom. The maximum absolute atomic E-state index is 2.27. The van der Waals surface area contributed by atoms with E-state index in [-0.39, 0.29) is 23.4 Å². The summed E-state index contributed by atoms with van der Waals surface area (Å²) in [5.74, 6) is 0.0503. The zero-order chi connectivity index (χ0) is 10.6. The van der Waals surface area contributed by atoms with Crippen LogP contribution in [0.5, 0.6) is 0 Å². The van der Waals surface area contributed by atoms with E-state index < -0.39 is 0 Å². The van der Waals surface area contributed by atoms with Crippen molar-refractivity contribution in [3.8, 4) is 0 Å². The van der Waals surface area contributed by atoms with E-state index in [4.69, 9.17) is 0 Å². The molecule has 0 aromatic carbocycles. The molecule has 0 amide bonds. The van der Waals surface area contributed by atoms with Gasteiger partial charge in [-0.15, -0.1) is 0 Å². The minimum absolute atomic E-state index is 0. The molecule has 0 aromatic rings. The second-order valence-electron chi connectivity index (χ2n) is 4.21. The van der Waals surface area contributed by atoms with Crippen LogP contribution in [0.25, 0.3) is 0 Å². The van der Waals surface area contributed by atoms with E-state index in [1.165, 1.54) is 6.42 Å². The van der Waals surface area contributed by atoms with Gasteiger partial charge in [0.25, 0.3) is 0 Å². The predicted molar refractivity (Wildman–Crippen MR) is 70.0 cm³/mol. The Balaban J connectivity index is 0. The Kier molecular flexibility index (Phi) is 8.21. The van der Waals surface area contributed by atoms with E-state index in [9.17, 15) is 0 Å². The topological polar surface area (TPSA) is 9.72 Å². The average molecular weight is 264 g/mol.